The van der Waals surface area contributed by atoms with E-state index in [9.17, 15) is 5.26 Å². The zero-order chi connectivity index (χ0) is 24.5. The Bertz CT molecular complexity index is 456. The van der Waals surface area contributed by atoms with Crippen LogP contribution in [0.1, 0.15) is 125 Å². The summed E-state index contributed by atoms with van der Waals surface area (Å²) < 4.78 is 23.9. The number of rotatable bonds is 21. The molecule has 6 nitrogen and oxygen atoms in total. The average Bonchev–Trinajstić information content (AvgIpc) is 3.14. The topological polar surface area (TPSA) is 66.4 Å². The SMILES string of the molecule is CCCOC(OC(CCCCCCCCCCCCC(C)C)C(C)OO)C1COC(C)(C)O1. The molecular formula is C27H54O6. The van der Waals surface area contributed by atoms with E-state index in [1.165, 1.54) is 64.2 Å². The van der Waals surface area contributed by atoms with E-state index in [1.807, 2.05) is 20.8 Å². The summed E-state index contributed by atoms with van der Waals surface area (Å²) in [4.78, 5) is 4.63. The molecule has 33 heavy (non-hydrogen) atoms. The fourth-order valence-corrected chi connectivity index (χ4v) is 4.28. The molecule has 0 amide bonds. The molecule has 1 aliphatic heterocycles. The third-order valence-corrected chi connectivity index (χ3v) is 6.34. The molecule has 1 saturated heterocycles. The van der Waals surface area contributed by atoms with Crippen LogP contribution < -0.4 is 0 Å². The van der Waals surface area contributed by atoms with Crippen LogP contribution in [-0.4, -0.2) is 48.9 Å². The molecule has 0 spiro atoms. The molecule has 1 aliphatic rings. The van der Waals surface area contributed by atoms with Gasteiger partial charge >= 0.3 is 0 Å². The molecule has 1 rings (SSSR count). The van der Waals surface area contributed by atoms with Crippen molar-refractivity contribution in [2.24, 2.45) is 5.92 Å². The second-order valence-electron chi connectivity index (χ2n) is 10.6. The number of unbranched alkanes of at least 4 members (excludes halogenated alkanes) is 9. The highest BCUT2D eigenvalue weighted by Gasteiger charge is 2.40. The minimum absolute atomic E-state index is 0.255. The van der Waals surface area contributed by atoms with E-state index >= 15 is 0 Å². The standard InChI is InChI=1S/C27H54O6/c1-7-20-29-26(25-21-30-27(5,6)32-25)31-24(23(4)33-28)19-17-15-13-11-9-8-10-12-14-16-18-22(2)3/h22-26,28H,7-21H2,1-6H3. The molecule has 4 unspecified atom stereocenters. The van der Waals surface area contributed by atoms with Crippen LogP contribution in [-0.2, 0) is 23.8 Å². The van der Waals surface area contributed by atoms with Crippen molar-refractivity contribution in [3.05, 3.63) is 0 Å². The first-order valence-electron chi connectivity index (χ1n) is 13.7. The molecule has 0 bridgehead atoms. The Labute approximate surface area is 204 Å². The van der Waals surface area contributed by atoms with Crippen LogP contribution >= 0.6 is 0 Å². The van der Waals surface area contributed by atoms with Crippen LogP contribution in [0.15, 0.2) is 0 Å². The normalized spacial score (nSPS) is 20.9. The van der Waals surface area contributed by atoms with Crippen molar-refractivity contribution >= 4 is 0 Å². The lowest BCUT2D eigenvalue weighted by atomic mass is 10.0. The van der Waals surface area contributed by atoms with Crippen molar-refractivity contribution in [2.75, 3.05) is 13.2 Å². The third kappa shape index (κ3) is 14.7. The first-order valence-corrected chi connectivity index (χ1v) is 13.7. The van der Waals surface area contributed by atoms with Crippen molar-refractivity contribution < 1.29 is 29.1 Å². The maximum Gasteiger partial charge on any atom is 0.186 e. The largest absolute Gasteiger partial charge is 0.350 e. The van der Waals surface area contributed by atoms with Crippen LogP contribution in [0.25, 0.3) is 0 Å². The minimum atomic E-state index is -0.634. The third-order valence-electron chi connectivity index (χ3n) is 6.34. The molecule has 0 aliphatic carbocycles. The molecule has 1 N–H and O–H groups in total. The van der Waals surface area contributed by atoms with Gasteiger partial charge in [0.05, 0.1) is 12.7 Å². The Kier molecular flexibility index (Phi) is 16.9. The van der Waals surface area contributed by atoms with E-state index in [2.05, 4.69) is 25.7 Å². The van der Waals surface area contributed by atoms with Gasteiger partial charge in [0.15, 0.2) is 12.1 Å². The zero-order valence-electron chi connectivity index (χ0n) is 22.5. The predicted octanol–water partition coefficient (Wildman–Crippen LogP) is 7.49. The van der Waals surface area contributed by atoms with Crippen LogP contribution in [0.2, 0.25) is 0 Å². The highest BCUT2D eigenvalue weighted by atomic mass is 17.1. The summed E-state index contributed by atoms with van der Waals surface area (Å²) in [5, 5.41) is 9.27. The van der Waals surface area contributed by atoms with Crippen molar-refractivity contribution in [3.63, 3.8) is 0 Å². The maximum atomic E-state index is 9.27. The molecular weight excluding hydrogens is 420 g/mol. The van der Waals surface area contributed by atoms with Gasteiger partial charge in [-0.3, -0.25) is 5.26 Å². The highest BCUT2D eigenvalue weighted by Crippen LogP contribution is 2.28. The van der Waals surface area contributed by atoms with E-state index in [0.717, 1.165) is 25.2 Å². The molecule has 0 saturated carbocycles. The van der Waals surface area contributed by atoms with Crippen molar-refractivity contribution in [1.82, 2.24) is 0 Å². The summed E-state index contributed by atoms with van der Waals surface area (Å²) in [5.74, 6) is 0.207. The van der Waals surface area contributed by atoms with E-state index in [1.54, 1.807) is 0 Å². The van der Waals surface area contributed by atoms with Gasteiger partial charge in [0, 0.05) is 6.61 Å². The smallest absolute Gasteiger partial charge is 0.186 e. The summed E-state index contributed by atoms with van der Waals surface area (Å²) in [7, 11) is 0. The van der Waals surface area contributed by atoms with E-state index in [-0.39, 0.29) is 12.2 Å². The Morgan fingerprint density at radius 3 is 1.88 bits per heavy atom. The Morgan fingerprint density at radius 1 is 0.879 bits per heavy atom. The van der Waals surface area contributed by atoms with E-state index in [0.29, 0.717) is 13.2 Å². The second-order valence-corrected chi connectivity index (χ2v) is 10.6. The first-order chi connectivity index (χ1) is 15.8. The summed E-state index contributed by atoms with van der Waals surface area (Å²) in [5.41, 5.74) is 0. The zero-order valence-corrected chi connectivity index (χ0v) is 22.5. The summed E-state index contributed by atoms with van der Waals surface area (Å²) in [6.45, 7) is 13.3. The number of hydrogen-bond donors (Lipinski definition) is 1. The Balaban J connectivity index is 2.26. The number of hydrogen-bond acceptors (Lipinski definition) is 6. The maximum absolute atomic E-state index is 9.27. The van der Waals surface area contributed by atoms with Gasteiger partial charge in [-0.05, 0) is 39.5 Å². The summed E-state index contributed by atoms with van der Waals surface area (Å²) in [6.07, 6.45) is 14.6. The van der Waals surface area contributed by atoms with E-state index < -0.39 is 18.2 Å². The Morgan fingerprint density at radius 2 is 1.42 bits per heavy atom. The van der Waals surface area contributed by atoms with Crippen molar-refractivity contribution in [3.8, 4) is 0 Å². The van der Waals surface area contributed by atoms with Gasteiger partial charge in [-0.2, -0.15) is 0 Å². The monoisotopic (exact) mass is 474 g/mol. The lowest BCUT2D eigenvalue weighted by Gasteiger charge is -2.30. The van der Waals surface area contributed by atoms with Gasteiger partial charge in [-0.1, -0.05) is 91.4 Å². The van der Waals surface area contributed by atoms with E-state index in [4.69, 9.17) is 18.9 Å². The molecule has 4 atom stereocenters. The molecule has 0 radical (unpaired) electrons. The minimum Gasteiger partial charge on any atom is -0.350 e. The molecule has 6 heteroatoms. The first kappa shape index (κ1) is 30.8. The summed E-state index contributed by atoms with van der Waals surface area (Å²) >= 11 is 0. The van der Waals surface area contributed by atoms with Gasteiger partial charge in [-0.15, -0.1) is 0 Å². The molecule has 1 fully saturated rings. The van der Waals surface area contributed by atoms with Gasteiger partial charge in [0.25, 0.3) is 0 Å². The predicted molar refractivity (Wildman–Crippen MR) is 133 cm³/mol. The average molecular weight is 475 g/mol. The van der Waals surface area contributed by atoms with Crippen LogP contribution in [0, 0.1) is 5.92 Å². The quantitative estimate of drug-likeness (QED) is 0.0804. The van der Waals surface area contributed by atoms with Crippen molar-refractivity contribution in [2.45, 2.75) is 155 Å². The highest BCUT2D eigenvalue weighted by molar-refractivity contribution is 4.77. The lowest BCUT2D eigenvalue weighted by Crippen LogP contribution is -2.41. The summed E-state index contributed by atoms with van der Waals surface area (Å²) in [6, 6.07) is 0. The van der Waals surface area contributed by atoms with Crippen LogP contribution in [0.3, 0.4) is 0 Å². The van der Waals surface area contributed by atoms with Gasteiger partial charge < -0.3 is 18.9 Å². The Hall–Kier alpha value is -0.240. The fourth-order valence-electron chi connectivity index (χ4n) is 4.28. The van der Waals surface area contributed by atoms with Crippen LogP contribution in [0.4, 0.5) is 0 Å². The van der Waals surface area contributed by atoms with Crippen molar-refractivity contribution in [1.29, 1.82) is 0 Å². The van der Waals surface area contributed by atoms with Gasteiger partial charge in [0.2, 0.25) is 0 Å². The van der Waals surface area contributed by atoms with Crippen LogP contribution in [0.5, 0.6) is 0 Å². The second kappa shape index (κ2) is 18.1. The molecule has 1 heterocycles. The fraction of sp³-hybridized carbons (Fsp3) is 1.00. The molecule has 0 aromatic rings. The van der Waals surface area contributed by atoms with Gasteiger partial charge in [-0.25, -0.2) is 4.89 Å². The molecule has 0 aromatic carbocycles. The molecule has 0 aromatic heterocycles. The number of ether oxygens (including phenoxy) is 4. The lowest BCUT2D eigenvalue weighted by molar-refractivity contribution is -0.317. The van der Waals surface area contributed by atoms with Gasteiger partial charge in [0.1, 0.15) is 12.2 Å². The molecule has 198 valence electrons.